The van der Waals surface area contributed by atoms with Crippen molar-refractivity contribution in [2.75, 3.05) is 20.7 Å². The Morgan fingerprint density at radius 3 is 2.73 bits per heavy atom. The Morgan fingerprint density at radius 2 is 2.08 bits per heavy atom. The molecule has 26 heavy (non-hydrogen) atoms. The van der Waals surface area contributed by atoms with Crippen LogP contribution in [0.4, 0.5) is 4.39 Å². The second-order valence-corrected chi connectivity index (χ2v) is 5.81. The van der Waals surface area contributed by atoms with Gasteiger partial charge in [0.25, 0.3) is 0 Å². The van der Waals surface area contributed by atoms with Gasteiger partial charge >= 0.3 is 0 Å². The summed E-state index contributed by atoms with van der Waals surface area (Å²) >= 11 is 0. The molecular formula is C20H23FN4O. The highest BCUT2D eigenvalue weighted by atomic mass is 19.1. The standard InChI is InChI=1S/C20H23FN4O/c1-4-23-20(24-13-16-7-5-6-15(10-16)12-22)25(2)14-17-8-9-19(26-3)18(21)11-17/h5-11H,4,13-14H2,1-3H3,(H,23,24). The summed E-state index contributed by atoms with van der Waals surface area (Å²) in [5.74, 6) is 0.564. The van der Waals surface area contributed by atoms with Gasteiger partial charge in [0.1, 0.15) is 0 Å². The smallest absolute Gasteiger partial charge is 0.194 e. The first-order valence-electron chi connectivity index (χ1n) is 8.38. The third-order valence-electron chi connectivity index (χ3n) is 3.80. The number of hydrogen-bond acceptors (Lipinski definition) is 3. The van der Waals surface area contributed by atoms with Crippen LogP contribution in [0.3, 0.4) is 0 Å². The van der Waals surface area contributed by atoms with Crippen LogP contribution in [-0.4, -0.2) is 31.6 Å². The van der Waals surface area contributed by atoms with Crippen molar-refractivity contribution in [3.63, 3.8) is 0 Å². The minimum absolute atomic E-state index is 0.231. The number of guanidine groups is 1. The Morgan fingerprint density at radius 1 is 1.27 bits per heavy atom. The van der Waals surface area contributed by atoms with Crippen LogP contribution in [0.15, 0.2) is 47.5 Å². The van der Waals surface area contributed by atoms with E-state index in [2.05, 4.69) is 16.4 Å². The Hall–Kier alpha value is -3.07. The molecule has 0 spiro atoms. The van der Waals surface area contributed by atoms with E-state index in [4.69, 9.17) is 10.00 Å². The lowest BCUT2D eigenvalue weighted by Gasteiger charge is -2.22. The van der Waals surface area contributed by atoms with Gasteiger partial charge in [0.15, 0.2) is 17.5 Å². The summed E-state index contributed by atoms with van der Waals surface area (Å²) in [5, 5.41) is 12.2. The van der Waals surface area contributed by atoms with E-state index in [0.717, 1.165) is 17.7 Å². The first-order valence-corrected chi connectivity index (χ1v) is 8.38. The lowest BCUT2D eigenvalue weighted by atomic mass is 10.1. The van der Waals surface area contributed by atoms with Crippen LogP contribution >= 0.6 is 0 Å². The monoisotopic (exact) mass is 354 g/mol. The lowest BCUT2D eigenvalue weighted by Crippen LogP contribution is -2.38. The van der Waals surface area contributed by atoms with Gasteiger partial charge in [0, 0.05) is 20.1 Å². The van der Waals surface area contributed by atoms with Crippen molar-refractivity contribution in [2.24, 2.45) is 4.99 Å². The summed E-state index contributed by atoms with van der Waals surface area (Å²) < 4.78 is 18.8. The van der Waals surface area contributed by atoms with Crippen molar-refractivity contribution < 1.29 is 9.13 Å². The molecule has 0 bridgehead atoms. The second-order valence-electron chi connectivity index (χ2n) is 5.81. The molecule has 0 unspecified atom stereocenters. The van der Waals surface area contributed by atoms with Gasteiger partial charge in [-0.3, -0.25) is 0 Å². The van der Waals surface area contributed by atoms with Crippen molar-refractivity contribution in [3.8, 4) is 11.8 Å². The molecule has 2 aromatic carbocycles. The summed E-state index contributed by atoms with van der Waals surface area (Å²) in [4.78, 5) is 6.54. The quantitative estimate of drug-likeness (QED) is 0.639. The van der Waals surface area contributed by atoms with Gasteiger partial charge in [0.05, 0.1) is 25.3 Å². The third-order valence-corrected chi connectivity index (χ3v) is 3.80. The fourth-order valence-electron chi connectivity index (χ4n) is 2.53. The number of benzene rings is 2. The molecule has 0 heterocycles. The van der Waals surface area contributed by atoms with Gasteiger partial charge in [0.2, 0.25) is 0 Å². The molecule has 0 aliphatic rings. The number of halogens is 1. The molecular weight excluding hydrogens is 331 g/mol. The van der Waals surface area contributed by atoms with Crippen molar-refractivity contribution in [2.45, 2.75) is 20.0 Å². The molecule has 0 atom stereocenters. The van der Waals surface area contributed by atoms with Crippen LogP contribution in [0, 0.1) is 17.1 Å². The Balaban J connectivity index is 2.11. The van der Waals surface area contributed by atoms with E-state index < -0.39 is 0 Å². The second kappa shape index (κ2) is 9.42. The van der Waals surface area contributed by atoms with Crippen LogP contribution in [0.25, 0.3) is 0 Å². The van der Waals surface area contributed by atoms with E-state index in [1.807, 2.05) is 43.1 Å². The van der Waals surface area contributed by atoms with E-state index in [-0.39, 0.29) is 11.6 Å². The average molecular weight is 354 g/mol. The maximum Gasteiger partial charge on any atom is 0.194 e. The molecule has 6 heteroatoms. The Labute approximate surface area is 153 Å². The van der Waals surface area contributed by atoms with E-state index >= 15 is 0 Å². The van der Waals surface area contributed by atoms with Gasteiger partial charge in [-0.1, -0.05) is 18.2 Å². The predicted molar refractivity (Wildman–Crippen MR) is 100 cm³/mol. The van der Waals surface area contributed by atoms with Crippen LogP contribution in [0.1, 0.15) is 23.6 Å². The van der Waals surface area contributed by atoms with Crippen molar-refractivity contribution in [1.29, 1.82) is 5.26 Å². The largest absolute Gasteiger partial charge is 0.494 e. The lowest BCUT2D eigenvalue weighted by molar-refractivity contribution is 0.385. The zero-order chi connectivity index (χ0) is 18.9. The number of hydrogen-bond donors (Lipinski definition) is 1. The van der Waals surface area contributed by atoms with Gasteiger partial charge in [-0.2, -0.15) is 5.26 Å². The highest BCUT2D eigenvalue weighted by Gasteiger charge is 2.09. The summed E-state index contributed by atoms with van der Waals surface area (Å²) in [6, 6.07) is 14.4. The van der Waals surface area contributed by atoms with Crippen molar-refractivity contribution in [3.05, 3.63) is 65.0 Å². The highest BCUT2D eigenvalue weighted by Crippen LogP contribution is 2.18. The van der Waals surface area contributed by atoms with Crippen LogP contribution in [0.5, 0.6) is 5.75 Å². The number of nitriles is 1. The minimum Gasteiger partial charge on any atom is -0.494 e. The van der Waals surface area contributed by atoms with Crippen LogP contribution < -0.4 is 10.1 Å². The SMILES string of the molecule is CCNC(=NCc1cccc(C#N)c1)N(C)Cc1ccc(OC)c(F)c1. The van der Waals surface area contributed by atoms with Crippen LogP contribution in [-0.2, 0) is 13.1 Å². The summed E-state index contributed by atoms with van der Waals surface area (Å²) in [6.45, 7) is 3.68. The van der Waals surface area contributed by atoms with Crippen LogP contribution in [0.2, 0.25) is 0 Å². The molecule has 0 aromatic heterocycles. The van der Waals surface area contributed by atoms with Gasteiger partial charge < -0.3 is 15.0 Å². The Bertz CT molecular complexity index is 814. The molecule has 5 nitrogen and oxygen atoms in total. The maximum absolute atomic E-state index is 13.9. The van der Waals surface area contributed by atoms with Gasteiger partial charge in [-0.05, 0) is 42.3 Å². The molecule has 0 saturated heterocycles. The average Bonchev–Trinajstić information content (AvgIpc) is 2.65. The van der Waals surface area contributed by atoms with E-state index in [0.29, 0.717) is 24.6 Å². The molecule has 1 N–H and O–H groups in total. The summed E-state index contributed by atoms with van der Waals surface area (Å²) in [7, 11) is 3.34. The number of rotatable bonds is 6. The molecule has 2 rings (SSSR count). The zero-order valence-corrected chi connectivity index (χ0v) is 15.3. The first kappa shape index (κ1) is 19.3. The number of nitrogens with zero attached hydrogens (tertiary/aromatic N) is 3. The molecule has 0 radical (unpaired) electrons. The van der Waals surface area contributed by atoms with Crippen molar-refractivity contribution >= 4 is 5.96 Å². The Kier molecular flexibility index (Phi) is 6.98. The normalized spacial score (nSPS) is 11.0. The molecule has 2 aromatic rings. The summed E-state index contributed by atoms with van der Waals surface area (Å²) in [5.41, 5.74) is 2.40. The van der Waals surface area contributed by atoms with Gasteiger partial charge in [-0.25, -0.2) is 9.38 Å². The zero-order valence-electron chi connectivity index (χ0n) is 15.3. The van der Waals surface area contributed by atoms with E-state index in [1.54, 1.807) is 12.1 Å². The van der Waals surface area contributed by atoms with E-state index in [1.165, 1.54) is 13.2 Å². The topological polar surface area (TPSA) is 60.7 Å². The molecule has 0 aliphatic heterocycles. The van der Waals surface area contributed by atoms with Crippen molar-refractivity contribution in [1.82, 2.24) is 10.2 Å². The first-order chi connectivity index (χ1) is 12.6. The maximum atomic E-state index is 13.9. The molecule has 0 amide bonds. The highest BCUT2D eigenvalue weighted by molar-refractivity contribution is 5.79. The molecule has 0 aliphatic carbocycles. The fraction of sp³-hybridized carbons (Fsp3) is 0.300. The fourth-order valence-corrected chi connectivity index (χ4v) is 2.53. The molecule has 136 valence electrons. The predicted octanol–water partition coefficient (Wildman–Crippen LogP) is 3.30. The number of aliphatic imine (C=N–C) groups is 1. The number of methoxy groups -OCH3 is 1. The third kappa shape index (κ3) is 5.21. The summed E-state index contributed by atoms with van der Waals surface area (Å²) in [6.07, 6.45) is 0. The van der Waals surface area contributed by atoms with E-state index in [9.17, 15) is 4.39 Å². The molecule has 0 saturated carbocycles. The van der Waals surface area contributed by atoms with Gasteiger partial charge in [-0.15, -0.1) is 0 Å². The molecule has 0 fully saturated rings. The number of nitrogens with one attached hydrogen (secondary N) is 1. The minimum atomic E-state index is -0.381. The number of ether oxygens (including phenoxy) is 1.